The molecule has 0 heterocycles. The third-order valence-electron chi connectivity index (χ3n) is 6.95. The van der Waals surface area contributed by atoms with Crippen molar-refractivity contribution in [3.05, 3.63) is 0 Å². The second-order valence-electron chi connectivity index (χ2n) is 8.29. The largest absolute Gasteiger partial charge is 0.389 e. The minimum Gasteiger partial charge on any atom is -0.389 e. The first-order valence-corrected chi connectivity index (χ1v) is 8.76. The maximum atomic E-state index is 11.4. The Labute approximate surface area is 125 Å². The Morgan fingerprint density at radius 3 is 2.10 bits per heavy atom. The third kappa shape index (κ3) is 2.78. The summed E-state index contributed by atoms with van der Waals surface area (Å²) in [6.07, 6.45) is 7.84. The zero-order chi connectivity index (χ0) is 15.0. The minimum absolute atomic E-state index is 0.00715. The molecule has 3 atom stereocenters. The average molecular weight is 281 g/mol. The standard InChI is InChI=1S/C18H35NO/c1-13(2)16-6-8-17(12-19,9-7-16)18(20)10-5-14(3)15(4)11-18/h13-16,20H,5-12,19H2,1-4H3. The molecule has 3 N–H and O–H groups in total. The molecule has 2 fully saturated rings. The molecule has 2 aliphatic carbocycles. The van der Waals surface area contributed by atoms with E-state index in [9.17, 15) is 5.11 Å². The fourth-order valence-electron chi connectivity index (χ4n) is 4.79. The van der Waals surface area contributed by atoms with Gasteiger partial charge in [0.15, 0.2) is 0 Å². The molecule has 0 aromatic rings. The van der Waals surface area contributed by atoms with Gasteiger partial charge < -0.3 is 10.8 Å². The number of hydrogen-bond acceptors (Lipinski definition) is 2. The van der Waals surface area contributed by atoms with E-state index in [0.717, 1.165) is 49.9 Å². The summed E-state index contributed by atoms with van der Waals surface area (Å²) < 4.78 is 0. The van der Waals surface area contributed by atoms with Crippen molar-refractivity contribution in [2.24, 2.45) is 34.8 Å². The van der Waals surface area contributed by atoms with Crippen LogP contribution in [0.3, 0.4) is 0 Å². The maximum absolute atomic E-state index is 11.4. The van der Waals surface area contributed by atoms with Gasteiger partial charge in [-0.2, -0.15) is 0 Å². The monoisotopic (exact) mass is 281 g/mol. The highest BCUT2D eigenvalue weighted by Gasteiger charge is 2.52. The predicted molar refractivity (Wildman–Crippen MR) is 85.4 cm³/mol. The molecule has 3 unspecified atom stereocenters. The first-order valence-electron chi connectivity index (χ1n) is 8.76. The SMILES string of the molecule is CC(C)C1CCC(CN)(C2(O)CCC(C)C(C)C2)CC1. The zero-order valence-corrected chi connectivity index (χ0v) is 14.0. The van der Waals surface area contributed by atoms with Crippen LogP contribution < -0.4 is 5.73 Å². The molecule has 0 aromatic heterocycles. The van der Waals surface area contributed by atoms with Gasteiger partial charge in [0.05, 0.1) is 5.60 Å². The van der Waals surface area contributed by atoms with Crippen LogP contribution in [0.1, 0.15) is 72.6 Å². The van der Waals surface area contributed by atoms with Crippen molar-refractivity contribution >= 4 is 0 Å². The second-order valence-corrected chi connectivity index (χ2v) is 8.29. The summed E-state index contributed by atoms with van der Waals surface area (Å²) in [7, 11) is 0. The van der Waals surface area contributed by atoms with Crippen molar-refractivity contribution in [3.8, 4) is 0 Å². The maximum Gasteiger partial charge on any atom is 0.0718 e. The fraction of sp³-hybridized carbons (Fsp3) is 1.00. The summed E-state index contributed by atoms with van der Waals surface area (Å²) in [5, 5.41) is 11.4. The Morgan fingerprint density at radius 1 is 1.05 bits per heavy atom. The van der Waals surface area contributed by atoms with Crippen LogP contribution in [-0.2, 0) is 0 Å². The molecular formula is C18H35NO. The van der Waals surface area contributed by atoms with Crippen molar-refractivity contribution in [2.45, 2.75) is 78.2 Å². The summed E-state index contributed by atoms with van der Waals surface area (Å²) in [6, 6.07) is 0. The Morgan fingerprint density at radius 2 is 1.65 bits per heavy atom. The molecule has 0 amide bonds. The topological polar surface area (TPSA) is 46.2 Å². The Kier molecular flexibility index (Phi) is 4.86. The van der Waals surface area contributed by atoms with E-state index in [1.54, 1.807) is 0 Å². The van der Waals surface area contributed by atoms with Gasteiger partial charge >= 0.3 is 0 Å². The van der Waals surface area contributed by atoms with E-state index < -0.39 is 5.60 Å². The summed E-state index contributed by atoms with van der Waals surface area (Å²) in [5.74, 6) is 2.97. The summed E-state index contributed by atoms with van der Waals surface area (Å²) in [5.41, 5.74) is 5.68. The van der Waals surface area contributed by atoms with Gasteiger partial charge in [0, 0.05) is 12.0 Å². The van der Waals surface area contributed by atoms with Crippen LogP contribution in [0.4, 0.5) is 0 Å². The van der Waals surface area contributed by atoms with E-state index in [0.29, 0.717) is 12.5 Å². The van der Waals surface area contributed by atoms with Crippen LogP contribution in [0.15, 0.2) is 0 Å². The lowest BCUT2D eigenvalue weighted by atomic mass is 9.54. The Bertz CT molecular complexity index is 319. The van der Waals surface area contributed by atoms with Crippen molar-refractivity contribution < 1.29 is 5.11 Å². The van der Waals surface area contributed by atoms with E-state index in [1.807, 2.05) is 0 Å². The molecular weight excluding hydrogens is 246 g/mol. The molecule has 2 nitrogen and oxygen atoms in total. The molecule has 2 aliphatic rings. The number of rotatable bonds is 3. The summed E-state index contributed by atoms with van der Waals surface area (Å²) in [4.78, 5) is 0. The molecule has 0 aliphatic heterocycles. The molecule has 20 heavy (non-hydrogen) atoms. The number of hydrogen-bond donors (Lipinski definition) is 2. The summed E-state index contributed by atoms with van der Waals surface area (Å²) >= 11 is 0. The molecule has 0 radical (unpaired) electrons. The summed E-state index contributed by atoms with van der Waals surface area (Å²) in [6.45, 7) is 9.96. The molecule has 0 aromatic carbocycles. The van der Waals surface area contributed by atoms with Crippen molar-refractivity contribution in [1.82, 2.24) is 0 Å². The fourth-order valence-corrected chi connectivity index (χ4v) is 4.79. The highest BCUT2D eigenvalue weighted by Crippen LogP contribution is 2.54. The lowest BCUT2D eigenvalue weighted by molar-refractivity contribution is -0.144. The van der Waals surface area contributed by atoms with Crippen LogP contribution in [0.25, 0.3) is 0 Å². The molecule has 0 spiro atoms. The Hall–Kier alpha value is -0.0800. The van der Waals surface area contributed by atoms with Gasteiger partial charge in [-0.3, -0.25) is 0 Å². The van der Waals surface area contributed by atoms with Gasteiger partial charge in [-0.15, -0.1) is 0 Å². The van der Waals surface area contributed by atoms with Gasteiger partial charge in [0.1, 0.15) is 0 Å². The van der Waals surface area contributed by atoms with Gasteiger partial charge in [0.2, 0.25) is 0 Å². The molecule has 2 rings (SSSR count). The molecule has 118 valence electrons. The number of aliphatic hydroxyl groups is 1. The van der Waals surface area contributed by atoms with Crippen LogP contribution in [0.2, 0.25) is 0 Å². The lowest BCUT2D eigenvalue weighted by Gasteiger charge is -2.54. The minimum atomic E-state index is -0.504. The van der Waals surface area contributed by atoms with Crippen LogP contribution >= 0.6 is 0 Å². The van der Waals surface area contributed by atoms with Crippen LogP contribution in [0.5, 0.6) is 0 Å². The van der Waals surface area contributed by atoms with Crippen LogP contribution in [0, 0.1) is 29.1 Å². The molecule has 2 heteroatoms. The first-order chi connectivity index (χ1) is 9.33. The smallest absolute Gasteiger partial charge is 0.0718 e. The number of nitrogens with two attached hydrogens (primary N) is 1. The van der Waals surface area contributed by atoms with Crippen molar-refractivity contribution in [2.75, 3.05) is 6.54 Å². The zero-order valence-electron chi connectivity index (χ0n) is 14.0. The molecule has 0 saturated heterocycles. The third-order valence-corrected chi connectivity index (χ3v) is 6.95. The van der Waals surface area contributed by atoms with Crippen LogP contribution in [-0.4, -0.2) is 17.3 Å². The first kappa shape index (κ1) is 16.3. The van der Waals surface area contributed by atoms with Gasteiger partial charge in [-0.25, -0.2) is 0 Å². The van der Waals surface area contributed by atoms with E-state index in [1.165, 1.54) is 12.8 Å². The molecule has 2 saturated carbocycles. The van der Waals surface area contributed by atoms with Gasteiger partial charge in [0.25, 0.3) is 0 Å². The Balaban J connectivity index is 2.11. The van der Waals surface area contributed by atoms with E-state index in [2.05, 4.69) is 27.7 Å². The second kappa shape index (κ2) is 5.96. The van der Waals surface area contributed by atoms with Gasteiger partial charge in [-0.1, -0.05) is 27.7 Å². The van der Waals surface area contributed by atoms with E-state index >= 15 is 0 Å². The van der Waals surface area contributed by atoms with E-state index in [-0.39, 0.29) is 5.41 Å². The quantitative estimate of drug-likeness (QED) is 0.822. The average Bonchev–Trinajstić information content (AvgIpc) is 2.43. The lowest BCUT2D eigenvalue weighted by Crippen LogP contribution is -2.57. The van der Waals surface area contributed by atoms with E-state index in [4.69, 9.17) is 5.73 Å². The van der Waals surface area contributed by atoms with Gasteiger partial charge in [-0.05, 0) is 68.6 Å². The van der Waals surface area contributed by atoms with Crippen molar-refractivity contribution in [1.29, 1.82) is 0 Å². The molecule has 0 bridgehead atoms. The highest BCUT2D eigenvalue weighted by atomic mass is 16.3. The van der Waals surface area contributed by atoms with Crippen molar-refractivity contribution in [3.63, 3.8) is 0 Å². The normalized spacial score (nSPS) is 46.6. The highest BCUT2D eigenvalue weighted by molar-refractivity contribution is 5.04. The predicted octanol–water partition coefficient (Wildman–Crippen LogP) is 3.96.